The van der Waals surface area contributed by atoms with Gasteiger partial charge in [0, 0.05) is 25.4 Å². The molecule has 3 rings (SSSR count). The van der Waals surface area contributed by atoms with Crippen LogP contribution in [0, 0.1) is 0 Å². The maximum atomic E-state index is 5.92. The van der Waals surface area contributed by atoms with Crippen molar-refractivity contribution < 1.29 is 4.74 Å². The zero-order chi connectivity index (χ0) is 15.4. The molecule has 120 valence electrons. The van der Waals surface area contributed by atoms with Crippen LogP contribution in [0.15, 0.2) is 60.9 Å². The van der Waals surface area contributed by atoms with Crippen molar-refractivity contribution in [3.8, 4) is 16.9 Å². The number of ether oxygens (including phenoxy) is 1. The van der Waals surface area contributed by atoms with E-state index in [1.165, 1.54) is 0 Å². The van der Waals surface area contributed by atoms with Crippen LogP contribution in [0.5, 0.6) is 5.75 Å². The summed E-state index contributed by atoms with van der Waals surface area (Å²) in [5.41, 5.74) is 10.1. The summed E-state index contributed by atoms with van der Waals surface area (Å²) in [4.78, 5) is 0. The minimum absolute atomic E-state index is 0. The molecule has 1 aromatic heterocycles. The molecule has 0 aliphatic rings. The highest BCUT2D eigenvalue weighted by Crippen LogP contribution is 2.26. The summed E-state index contributed by atoms with van der Waals surface area (Å²) < 4.78 is 7.71. The second-order valence-corrected chi connectivity index (χ2v) is 5.25. The van der Waals surface area contributed by atoms with E-state index in [9.17, 15) is 0 Å². The Balaban J connectivity index is 0.00000192. The number of nitrogens with zero attached hydrogens (tertiary/aromatic N) is 2. The number of halogens is 1. The Bertz CT molecular complexity index is 756. The van der Waals surface area contributed by atoms with Crippen LogP contribution in [0.3, 0.4) is 0 Å². The van der Waals surface area contributed by atoms with Gasteiger partial charge in [0.05, 0.1) is 6.20 Å². The van der Waals surface area contributed by atoms with Gasteiger partial charge in [-0.25, -0.2) is 0 Å². The van der Waals surface area contributed by atoms with Crippen LogP contribution in [-0.2, 0) is 20.2 Å². The van der Waals surface area contributed by atoms with Gasteiger partial charge in [-0.1, -0.05) is 30.3 Å². The fourth-order valence-electron chi connectivity index (χ4n) is 2.34. The van der Waals surface area contributed by atoms with Crippen molar-refractivity contribution in [1.82, 2.24) is 9.78 Å². The van der Waals surface area contributed by atoms with E-state index in [4.69, 9.17) is 10.5 Å². The fourth-order valence-corrected chi connectivity index (χ4v) is 2.34. The first-order chi connectivity index (χ1) is 10.7. The molecule has 0 unspecified atom stereocenters. The quantitative estimate of drug-likeness (QED) is 0.779. The van der Waals surface area contributed by atoms with Crippen molar-refractivity contribution in [2.75, 3.05) is 0 Å². The molecule has 1 heterocycles. The van der Waals surface area contributed by atoms with Gasteiger partial charge in [-0.2, -0.15) is 5.10 Å². The summed E-state index contributed by atoms with van der Waals surface area (Å²) in [5.74, 6) is 0.825. The predicted octanol–water partition coefficient (Wildman–Crippen LogP) is 3.55. The average molecular weight is 330 g/mol. The molecule has 3 aromatic rings. The molecule has 0 aliphatic carbocycles. The topological polar surface area (TPSA) is 53.1 Å². The van der Waals surface area contributed by atoms with E-state index in [0.29, 0.717) is 13.2 Å². The molecule has 2 aromatic carbocycles. The molecule has 2 N–H and O–H groups in total. The Morgan fingerprint density at radius 1 is 1.04 bits per heavy atom. The van der Waals surface area contributed by atoms with Crippen molar-refractivity contribution >= 4 is 12.4 Å². The Morgan fingerprint density at radius 2 is 1.83 bits per heavy atom. The fraction of sp³-hybridized carbons (Fsp3) is 0.167. The van der Waals surface area contributed by atoms with Gasteiger partial charge in [0.2, 0.25) is 0 Å². The van der Waals surface area contributed by atoms with Gasteiger partial charge >= 0.3 is 0 Å². The first-order valence-electron chi connectivity index (χ1n) is 7.24. The van der Waals surface area contributed by atoms with Gasteiger partial charge in [0.25, 0.3) is 0 Å². The zero-order valence-corrected chi connectivity index (χ0v) is 13.8. The van der Waals surface area contributed by atoms with Gasteiger partial charge in [-0.3, -0.25) is 4.68 Å². The molecule has 0 aliphatic heterocycles. The molecule has 0 saturated heterocycles. The maximum Gasteiger partial charge on any atom is 0.120 e. The van der Waals surface area contributed by atoms with Crippen LogP contribution in [0.25, 0.3) is 11.1 Å². The van der Waals surface area contributed by atoms with Crippen molar-refractivity contribution in [3.05, 3.63) is 72.1 Å². The first-order valence-corrected chi connectivity index (χ1v) is 7.24. The van der Waals surface area contributed by atoms with Crippen LogP contribution in [-0.4, -0.2) is 9.78 Å². The lowest BCUT2D eigenvalue weighted by Gasteiger charge is -2.10. The van der Waals surface area contributed by atoms with Crippen LogP contribution in [0.2, 0.25) is 0 Å². The van der Waals surface area contributed by atoms with E-state index in [2.05, 4.69) is 23.3 Å². The van der Waals surface area contributed by atoms with Crippen LogP contribution < -0.4 is 10.5 Å². The summed E-state index contributed by atoms with van der Waals surface area (Å²) in [5, 5.41) is 4.22. The van der Waals surface area contributed by atoms with Gasteiger partial charge in [-0.05, 0) is 34.9 Å². The number of hydrogen-bond acceptors (Lipinski definition) is 3. The van der Waals surface area contributed by atoms with Gasteiger partial charge in [-0.15, -0.1) is 12.4 Å². The molecular formula is C18H20ClN3O. The summed E-state index contributed by atoms with van der Waals surface area (Å²) in [6.07, 6.45) is 3.83. The highest BCUT2D eigenvalue weighted by atomic mass is 35.5. The highest BCUT2D eigenvalue weighted by molar-refractivity contribution is 5.85. The minimum atomic E-state index is 0. The van der Waals surface area contributed by atoms with Crippen molar-refractivity contribution in [1.29, 1.82) is 0 Å². The standard InChI is InChI=1S/C18H19N3O.ClH/c1-21-12-17(11-20-21)16-7-15(10-19)8-18(9-16)22-13-14-5-3-2-4-6-14;/h2-9,11-12H,10,13,19H2,1H3;1H. The number of aryl methyl sites for hydroxylation is 1. The molecule has 0 radical (unpaired) electrons. The molecule has 23 heavy (non-hydrogen) atoms. The Hall–Kier alpha value is -2.30. The third-order valence-electron chi connectivity index (χ3n) is 3.49. The lowest BCUT2D eigenvalue weighted by Crippen LogP contribution is -2.00. The SMILES string of the molecule is Cl.Cn1cc(-c2cc(CN)cc(OCc3ccccc3)c2)cn1. The molecular weight excluding hydrogens is 310 g/mol. The average Bonchev–Trinajstić information content (AvgIpc) is 3.00. The molecule has 0 amide bonds. The molecule has 4 nitrogen and oxygen atoms in total. The Kier molecular flexibility index (Phi) is 5.79. The largest absolute Gasteiger partial charge is 0.489 e. The monoisotopic (exact) mass is 329 g/mol. The molecule has 0 fully saturated rings. The van der Waals surface area contributed by atoms with E-state index in [0.717, 1.165) is 28.0 Å². The molecule has 0 atom stereocenters. The number of rotatable bonds is 5. The van der Waals surface area contributed by atoms with E-state index >= 15 is 0 Å². The van der Waals surface area contributed by atoms with Crippen molar-refractivity contribution in [2.45, 2.75) is 13.2 Å². The normalized spacial score (nSPS) is 10.2. The third-order valence-corrected chi connectivity index (χ3v) is 3.49. The summed E-state index contributed by atoms with van der Waals surface area (Å²) in [7, 11) is 1.91. The molecule has 0 bridgehead atoms. The van der Waals surface area contributed by atoms with Crippen LogP contribution >= 0.6 is 12.4 Å². The lowest BCUT2D eigenvalue weighted by atomic mass is 10.1. The smallest absolute Gasteiger partial charge is 0.120 e. The predicted molar refractivity (Wildman–Crippen MR) is 94.6 cm³/mol. The summed E-state index contributed by atoms with van der Waals surface area (Å²) in [6, 6.07) is 16.2. The second kappa shape index (κ2) is 7.81. The van der Waals surface area contributed by atoms with E-state index < -0.39 is 0 Å². The van der Waals surface area contributed by atoms with E-state index in [1.807, 2.05) is 49.8 Å². The van der Waals surface area contributed by atoms with Gasteiger partial charge in [0.1, 0.15) is 12.4 Å². The number of nitrogens with two attached hydrogens (primary N) is 1. The summed E-state index contributed by atoms with van der Waals surface area (Å²) >= 11 is 0. The lowest BCUT2D eigenvalue weighted by molar-refractivity contribution is 0.306. The first kappa shape index (κ1) is 17.1. The third kappa shape index (κ3) is 4.34. The van der Waals surface area contributed by atoms with Crippen LogP contribution in [0.4, 0.5) is 0 Å². The maximum absolute atomic E-state index is 5.92. The number of hydrogen-bond donors (Lipinski definition) is 1. The molecule has 0 spiro atoms. The summed E-state index contributed by atoms with van der Waals surface area (Å²) in [6.45, 7) is 1.02. The molecule has 0 saturated carbocycles. The Labute approximate surface area is 142 Å². The zero-order valence-electron chi connectivity index (χ0n) is 13.0. The van der Waals surface area contributed by atoms with Crippen molar-refractivity contribution in [3.63, 3.8) is 0 Å². The van der Waals surface area contributed by atoms with Gasteiger partial charge < -0.3 is 10.5 Å². The van der Waals surface area contributed by atoms with Crippen molar-refractivity contribution in [2.24, 2.45) is 12.8 Å². The van der Waals surface area contributed by atoms with E-state index in [1.54, 1.807) is 4.68 Å². The number of benzene rings is 2. The second-order valence-electron chi connectivity index (χ2n) is 5.25. The molecule has 5 heteroatoms. The van der Waals surface area contributed by atoms with Crippen LogP contribution in [0.1, 0.15) is 11.1 Å². The minimum Gasteiger partial charge on any atom is -0.489 e. The number of aromatic nitrogens is 2. The van der Waals surface area contributed by atoms with Gasteiger partial charge in [0.15, 0.2) is 0 Å². The Morgan fingerprint density at radius 3 is 2.48 bits per heavy atom. The van der Waals surface area contributed by atoms with E-state index in [-0.39, 0.29) is 12.4 Å². The highest BCUT2D eigenvalue weighted by Gasteiger charge is 2.06.